The van der Waals surface area contributed by atoms with Crippen molar-refractivity contribution in [2.45, 2.75) is 43.3 Å². The van der Waals surface area contributed by atoms with Gasteiger partial charge in [0.1, 0.15) is 5.35 Å². The highest BCUT2D eigenvalue weighted by molar-refractivity contribution is 7.99. The van der Waals surface area contributed by atoms with Crippen molar-refractivity contribution in [1.82, 2.24) is 9.55 Å². The van der Waals surface area contributed by atoms with E-state index in [1.54, 1.807) is 19.9 Å². The van der Waals surface area contributed by atoms with Gasteiger partial charge < -0.3 is 10.3 Å². The fraction of sp³-hybridized carbons (Fsp3) is 0.250. The van der Waals surface area contributed by atoms with Gasteiger partial charge in [-0.05, 0) is 44.0 Å². The van der Waals surface area contributed by atoms with Crippen LogP contribution in [0.25, 0.3) is 11.8 Å². The summed E-state index contributed by atoms with van der Waals surface area (Å²) in [4.78, 5) is 5.21. The number of terminal acetylenes is 1. The lowest BCUT2D eigenvalue weighted by Crippen LogP contribution is -2.33. The first kappa shape index (κ1) is 19.8. The number of hydrogen-bond donors (Lipinski definition) is 1. The van der Waals surface area contributed by atoms with E-state index in [1.165, 1.54) is 23.9 Å². The van der Waals surface area contributed by atoms with Gasteiger partial charge in [-0.15, -0.1) is 12.3 Å². The Morgan fingerprint density at radius 2 is 2.12 bits per heavy atom. The molecule has 6 heteroatoms. The molecule has 1 aromatic heterocycles. The van der Waals surface area contributed by atoms with Crippen LogP contribution in [-0.2, 0) is 6.54 Å². The first-order chi connectivity index (χ1) is 12.4. The topological polar surface area (TPSA) is 43.8 Å². The lowest BCUT2D eigenvalue weighted by molar-refractivity contribution is 0.504. The zero-order valence-electron chi connectivity index (χ0n) is 14.9. The van der Waals surface area contributed by atoms with Crippen LogP contribution in [0.2, 0.25) is 0 Å². The van der Waals surface area contributed by atoms with E-state index in [-0.39, 0.29) is 0 Å². The smallest absolute Gasteiger partial charge is 0.174 e. The molecule has 0 saturated heterocycles. The van der Waals surface area contributed by atoms with Crippen LogP contribution in [0.4, 0.5) is 8.78 Å². The maximum Gasteiger partial charge on any atom is 0.174 e. The van der Waals surface area contributed by atoms with Crippen molar-refractivity contribution in [2.75, 3.05) is 0 Å². The van der Waals surface area contributed by atoms with E-state index < -0.39 is 11.6 Å². The van der Waals surface area contributed by atoms with Crippen molar-refractivity contribution in [3.63, 3.8) is 0 Å². The van der Waals surface area contributed by atoms with E-state index in [0.717, 1.165) is 11.8 Å². The van der Waals surface area contributed by atoms with E-state index >= 15 is 0 Å². The maximum absolute atomic E-state index is 13.7. The summed E-state index contributed by atoms with van der Waals surface area (Å²) in [6.45, 7) is 7.88. The normalized spacial score (nSPS) is 12.8. The summed E-state index contributed by atoms with van der Waals surface area (Å²) in [6, 6.07) is 2.37. The van der Waals surface area contributed by atoms with Crippen LogP contribution in [0.1, 0.15) is 25.3 Å². The molecule has 0 aliphatic rings. The Hall–Kier alpha value is -2.52. The molecule has 0 aliphatic heterocycles. The highest BCUT2D eigenvalue weighted by atomic mass is 32.2. The standard InChI is InChI=1S/C20H21F2N3S/c1-5-7-8-10-25-17(9-6-2)19(14(4)23)24-20(25)26-18-12-16(22)15(21)11-13(18)3/h1,6,9,11-12H,2,7-8,10,23H2,3-4H3/b17-9+,19-14-. The van der Waals surface area contributed by atoms with Gasteiger partial charge in [0.15, 0.2) is 16.8 Å². The van der Waals surface area contributed by atoms with Gasteiger partial charge in [0.25, 0.3) is 0 Å². The molecule has 0 bridgehead atoms. The number of aromatic nitrogens is 2. The van der Waals surface area contributed by atoms with E-state index in [2.05, 4.69) is 17.5 Å². The van der Waals surface area contributed by atoms with Crippen molar-refractivity contribution >= 4 is 23.5 Å². The van der Waals surface area contributed by atoms with Gasteiger partial charge in [-0.3, -0.25) is 0 Å². The Morgan fingerprint density at radius 1 is 1.42 bits per heavy atom. The maximum atomic E-state index is 13.7. The third-order valence-corrected chi connectivity index (χ3v) is 4.90. The predicted molar refractivity (Wildman–Crippen MR) is 103 cm³/mol. The second kappa shape index (κ2) is 8.72. The van der Waals surface area contributed by atoms with Gasteiger partial charge in [-0.25, -0.2) is 13.8 Å². The summed E-state index contributed by atoms with van der Waals surface area (Å²) < 4.78 is 29.0. The number of aryl methyl sites for hydroxylation is 1. The fourth-order valence-electron chi connectivity index (χ4n) is 2.48. The number of benzene rings is 1. The molecule has 1 aromatic carbocycles. The molecule has 0 amide bonds. The number of halogens is 2. The molecule has 0 spiro atoms. The Balaban J connectivity index is 2.61. The number of hydrogen-bond acceptors (Lipinski definition) is 3. The number of imidazole rings is 1. The van der Waals surface area contributed by atoms with E-state index in [4.69, 9.17) is 12.2 Å². The molecule has 3 nitrogen and oxygen atoms in total. The van der Waals surface area contributed by atoms with Crippen LogP contribution in [0.15, 0.2) is 34.8 Å². The highest BCUT2D eigenvalue weighted by Gasteiger charge is 2.14. The lowest BCUT2D eigenvalue weighted by atomic mass is 10.2. The van der Waals surface area contributed by atoms with Gasteiger partial charge in [-0.2, -0.15) is 0 Å². The van der Waals surface area contributed by atoms with Gasteiger partial charge in [0.05, 0.1) is 5.35 Å². The second-order valence-electron chi connectivity index (χ2n) is 5.81. The summed E-state index contributed by atoms with van der Waals surface area (Å²) in [5.74, 6) is 0.869. The molecular weight excluding hydrogens is 352 g/mol. The van der Waals surface area contributed by atoms with E-state index in [9.17, 15) is 8.78 Å². The molecule has 2 N–H and O–H groups in total. The van der Waals surface area contributed by atoms with Crippen LogP contribution < -0.4 is 16.4 Å². The Labute approximate surface area is 156 Å². The minimum Gasteiger partial charge on any atom is -0.400 e. The van der Waals surface area contributed by atoms with E-state index in [1.807, 2.05) is 10.6 Å². The number of nitrogens with zero attached hydrogens (tertiary/aromatic N) is 2. The van der Waals surface area contributed by atoms with Crippen LogP contribution in [0.5, 0.6) is 0 Å². The van der Waals surface area contributed by atoms with Gasteiger partial charge in [0.2, 0.25) is 0 Å². The summed E-state index contributed by atoms with van der Waals surface area (Å²) in [5, 5.41) is 2.11. The van der Waals surface area contributed by atoms with Crippen molar-refractivity contribution in [2.24, 2.45) is 5.73 Å². The van der Waals surface area contributed by atoms with Crippen molar-refractivity contribution < 1.29 is 8.78 Å². The summed E-state index contributed by atoms with van der Waals surface area (Å²) >= 11 is 1.27. The zero-order chi connectivity index (χ0) is 19.3. The van der Waals surface area contributed by atoms with Crippen molar-refractivity contribution in [3.8, 4) is 12.3 Å². The van der Waals surface area contributed by atoms with Crippen molar-refractivity contribution in [1.29, 1.82) is 0 Å². The number of nitrogens with two attached hydrogens (primary N) is 1. The van der Waals surface area contributed by atoms with Crippen LogP contribution in [-0.4, -0.2) is 9.55 Å². The molecule has 2 aromatic rings. The summed E-state index contributed by atoms with van der Waals surface area (Å²) in [7, 11) is 0. The highest BCUT2D eigenvalue weighted by Crippen LogP contribution is 2.29. The Kier molecular flexibility index (Phi) is 6.64. The Morgan fingerprint density at radius 3 is 2.73 bits per heavy atom. The first-order valence-corrected chi connectivity index (χ1v) is 8.93. The largest absolute Gasteiger partial charge is 0.400 e. The Bertz CT molecular complexity index is 980. The quantitative estimate of drug-likeness (QED) is 0.625. The average molecular weight is 373 g/mol. The predicted octanol–water partition coefficient (Wildman–Crippen LogP) is 3.09. The zero-order valence-corrected chi connectivity index (χ0v) is 15.7. The first-order valence-electron chi connectivity index (χ1n) is 8.11. The number of unbranched alkanes of at least 4 members (excludes halogenated alkanes) is 1. The molecule has 1 heterocycles. The molecular formula is C20H21F2N3S. The molecule has 0 radical (unpaired) electrons. The minimum atomic E-state index is -0.886. The molecule has 0 fully saturated rings. The van der Waals surface area contributed by atoms with Gasteiger partial charge in [0, 0.05) is 23.6 Å². The molecule has 0 aliphatic carbocycles. The van der Waals surface area contributed by atoms with Gasteiger partial charge >= 0.3 is 0 Å². The molecule has 26 heavy (non-hydrogen) atoms. The monoisotopic (exact) mass is 373 g/mol. The van der Waals surface area contributed by atoms with Gasteiger partial charge in [-0.1, -0.05) is 24.4 Å². The molecule has 136 valence electrons. The minimum absolute atomic E-state index is 0.567. The third kappa shape index (κ3) is 4.36. The average Bonchev–Trinajstić information content (AvgIpc) is 2.91. The van der Waals surface area contributed by atoms with Crippen molar-refractivity contribution in [3.05, 3.63) is 52.7 Å². The molecule has 0 atom stereocenters. The molecule has 0 unspecified atom stereocenters. The van der Waals surface area contributed by atoms with Crippen LogP contribution >= 0.6 is 11.8 Å². The molecule has 2 rings (SSSR count). The lowest BCUT2D eigenvalue weighted by Gasteiger charge is -2.09. The third-order valence-electron chi connectivity index (χ3n) is 3.74. The number of rotatable bonds is 6. The van der Waals surface area contributed by atoms with Crippen LogP contribution in [0.3, 0.4) is 0 Å². The second-order valence-corrected chi connectivity index (χ2v) is 6.82. The summed E-state index contributed by atoms with van der Waals surface area (Å²) in [6.07, 6.45) is 10.2. The van der Waals surface area contributed by atoms with E-state index in [0.29, 0.717) is 39.6 Å². The summed E-state index contributed by atoms with van der Waals surface area (Å²) in [5.41, 5.74) is 7.19. The number of allylic oxidation sites excluding steroid dienone is 1. The fourth-order valence-corrected chi connectivity index (χ4v) is 3.50. The van der Waals surface area contributed by atoms with Crippen LogP contribution in [0, 0.1) is 30.9 Å². The molecule has 0 saturated carbocycles. The SMILES string of the molecule is C#CCCCn1c(Sc2cc(F)c(F)cc2C)nc(=C(/C)N)/c1=C\C=C.